The molecule has 0 unspecified atom stereocenters. The lowest BCUT2D eigenvalue weighted by molar-refractivity contribution is -0.137. The van der Waals surface area contributed by atoms with E-state index in [1.807, 2.05) is 0 Å². The standard InChI is InChI=1S/C12H12F3N3/c1-7(18-16-2)11-6-8-5-9(12(13,14)15)3-4-10(8)17-11/h3-6,16-17H,1-2H3/b18-7+. The molecule has 3 nitrogen and oxygen atoms in total. The van der Waals surface area contributed by atoms with Gasteiger partial charge in [0.1, 0.15) is 0 Å². The smallest absolute Gasteiger partial charge is 0.353 e. The van der Waals surface area contributed by atoms with Crippen LogP contribution in [0.15, 0.2) is 29.4 Å². The van der Waals surface area contributed by atoms with Crippen LogP contribution in [0.4, 0.5) is 13.2 Å². The zero-order chi connectivity index (χ0) is 13.3. The first-order valence-electron chi connectivity index (χ1n) is 5.33. The maximum absolute atomic E-state index is 12.6. The average Bonchev–Trinajstić information content (AvgIpc) is 2.70. The lowest BCUT2D eigenvalue weighted by atomic mass is 10.1. The van der Waals surface area contributed by atoms with Crippen LogP contribution in [0.2, 0.25) is 0 Å². The maximum Gasteiger partial charge on any atom is 0.416 e. The second kappa shape index (κ2) is 4.36. The zero-order valence-electron chi connectivity index (χ0n) is 9.89. The molecule has 0 radical (unpaired) electrons. The molecule has 2 aromatic rings. The van der Waals surface area contributed by atoms with Gasteiger partial charge < -0.3 is 10.4 Å². The van der Waals surface area contributed by atoms with E-state index in [4.69, 9.17) is 0 Å². The van der Waals surface area contributed by atoms with Crippen molar-refractivity contribution in [3.8, 4) is 0 Å². The van der Waals surface area contributed by atoms with Gasteiger partial charge in [0, 0.05) is 18.0 Å². The number of halogens is 3. The largest absolute Gasteiger partial charge is 0.416 e. The molecule has 18 heavy (non-hydrogen) atoms. The van der Waals surface area contributed by atoms with Crippen LogP contribution in [0.3, 0.4) is 0 Å². The van der Waals surface area contributed by atoms with Crippen LogP contribution in [0.25, 0.3) is 10.9 Å². The normalized spacial score (nSPS) is 13.1. The van der Waals surface area contributed by atoms with E-state index in [1.54, 1.807) is 20.0 Å². The lowest BCUT2D eigenvalue weighted by Crippen LogP contribution is -2.03. The van der Waals surface area contributed by atoms with Gasteiger partial charge in [-0.15, -0.1) is 0 Å². The third-order valence-corrected chi connectivity index (χ3v) is 2.62. The minimum absolute atomic E-state index is 0.519. The summed E-state index contributed by atoms with van der Waals surface area (Å²) in [6.45, 7) is 1.77. The van der Waals surface area contributed by atoms with Gasteiger partial charge in [0.25, 0.3) is 0 Å². The summed E-state index contributed by atoms with van der Waals surface area (Å²) in [5.41, 5.74) is 4.02. The highest BCUT2D eigenvalue weighted by molar-refractivity contribution is 6.01. The number of hydrogen-bond acceptors (Lipinski definition) is 2. The van der Waals surface area contributed by atoms with Gasteiger partial charge in [0.15, 0.2) is 0 Å². The number of benzene rings is 1. The number of hydrogen-bond donors (Lipinski definition) is 2. The third-order valence-electron chi connectivity index (χ3n) is 2.62. The Kier molecular flexibility index (Phi) is 3.02. The quantitative estimate of drug-likeness (QED) is 0.628. The van der Waals surface area contributed by atoms with Crippen LogP contribution in [0, 0.1) is 0 Å². The van der Waals surface area contributed by atoms with Crippen LogP contribution in [0.1, 0.15) is 18.2 Å². The van der Waals surface area contributed by atoms with E-state index in [1.165, 1.54) is 6.07 Å². The van der Waals surface area contributed by atoms with Crippen molar-refractivity contribution in [3.63, 3.8) is 0 Å². The summed E-state index contributed by atoms with van der Waals surface area (Å²) in [5.74, 6) is 0. The highest BCUT2D eigenvalue weighted by Gasteiger charge is 2.30. The predicted octanol–water partition coefficient (Wildman–Crippen LogP) is 3.13. The molecule has 6 heteroatoms. The van der Waals surface area contributed by atoms with Crippen LogP contribution in [-0.2, 0) is 6.18 Å². The molecule has 0 saturated carbocycles. The Morgan fingerprint density at radius 2 is 2.00 bits per heavy atom. The Morgan fingerprint density at radius 3 is 2.61 bits per heavy atom. The number of aromatic nitrogens is 1. The van der Waals surface area contributed by atoms with E-state index >= 15 is 0 Å². The summed E-state index contributed by atoms with van der Waals surface area (Å²) in [4.78, 5) is 3.02. The first-order chi connectivity index (χ1) is 8.41. The van der Waals surface area contributed by atoms with Crippen LogP contribution >= 0.6 is 0 Å². The van der Waals surface area contributed by atoms with Crippen molar-refractivity contribution in [3.05, 3.63) is 35.5 Å². The molecule has 0 spiro atoms. The monoisotopic (exact) mass is 255 g/mol. The number of aromatic amines is 1. The maximum atomic E-state index is 12.6. The lowest BCUT2D eigenvalue weighted by Gasteiger charge is -2.05. The van der Waals surface area contributed by atoms with Gasteiger partial charge in [-0.1, -0.05) is 0 Å². The molecule has 96 valence electrons. The highest BCUT2D eigenvalue weighted by atomic mass is 19.4. The summed E-state index contributed by atoms with van der Waals surface area (Å²) in [7, 11) is 1.66. The van der Waals surface area contributed by atoms with Crippen molar-refractivity contribution in [2.24, 2.45) is 5.10 Å². The Morgan fingerprint density at radius 1 is 1.28 bits per heavy atom. The minimum atomic E-state index is -4.32. The van der Waals surface area contributed by atoms with Crippen molar-refractivity contribution in [1.29, 1.82) is 0 Å². The van der Waals surface area contributed by atoms with Crippen molar-refractivity contribution >= 4 is 16.6 Å². The highest BCUT2D eigenvalue weighted by Crippen LogP contribution is 2.31. The van der Waals surface area contributed by atoms with Gasteiger partial charge in [-0.3, -0.25) is 0 Å². The number of nitrogens with one attached hydrogen (secondary N) is 2. The number of rotatable bonds is 2. The van der Waals surface area contributed by atoms with E-state index in [2.05, 4.69) is 15.5 Å². The summed E-state index contributed by atoms with van der Waals surface area (Å²) in [5, 5.41) is 4.49. The average molecular weight is 255 g/mol. The number of nitrogens with zero attached hydrogens (tertiary/aromatic N) is 1. The number of hydrazone groups is 1. The number of alkyl halides is 3. The fourth-order valence-electron chi connectivity index (χ4n) is 1.73. The van der Waals surface area contributed by atoms with Crippen LogP contribution in [-0.4, -0.2) is 17.7 Å². The van der Waals surface area contributed by atoms with Gasteiger partial charge in [-0.2, -0.15) is 18.3 Å². The summed E-state index contributed by atoms with van der Waals surface area (Å²) >= 11 is 0. The molecule has 0 amide bonds. The summed E-state index contributed by atoms with van der Waals surface area (Å²) in [6, 6.07) is 5.27. The summed E-state index contributed by atoms with van der Waals surface area (Å²) < 4.78 is 37.7. The van der Waals surface area contributed by atoms with Crippen molar-refractivity contribution in [1.82, 2.24) is 10.4 Å². The Labute approximate surface area is 102 Å². The molecule has 0 fully saturated rings. The molecule has 0 atom stereocenters. The van der Waals surface area contributed by atoms with Crippen LogP contribution in [0.5, 0.6) is 0 Å². The van der Waals surface area contributed by atoms with Crippen LogP contribution < -0.4 is 5.43 Å². The van der Waals surface area contributed by atoms with Gasteiger partial charge in [0.2, 0.25) is 0 Å². The summed E-state index contributed by atoms with van der Waals surface area (Å²) in [6.07, 6.45) is -4.32. The van der Waals surface area contributed by atoms with Crippen molar-refractivity contribution < 1.29 is 13.2 Å². The molecule has 0 aliphatic carbocycles. The van der Waals surface area contributed by atoms with E-state index < -0.39 is 11.7 Å². The fraction of sp³-hybridized carbons (Fsp3) is 0.250. The van der Waals surface area contributed by atoms with E-state index in [0.29, 0.717) is 22.3 Å². The zero-order valence-corrected chi connectivity index (χ0v) is 9.89. The molecule has 1 aromatic heterocycles. The second-order valence-corrected chi connectivity index (χ2v) is 3.90. The number of H-pyrrole nitrogens is 1. The predicted molar refractivity (Wildman–Crippen MR) is 64.6 cm³/mol. The molecule has 1 heterocycles. The molecular formula is C12H12F3N3. The molecular weight excluding hydrogens is 243 g/mol. The molecule has 0 aliphatic heterocycles. The van der Waals surface area contributed by atoms with Gasteiger partial charge in [0.05, 0.1) is 17.0 Å². The van der Waals surface area contributed by atoms with Crippen molar-refractivity contribution in [2.45, 2.75) is 13.1 Å². The first kappa shape index (κ1) is 12.5. The molecule has 0 saturated heterocycles. The molecule has 2 rings (SSSR count). The molecule has 1 aromatic carbocycles. The van der Waals surface area contributed by atoms with Gasteiger partial charge >= 0.3 is 6.18 Å². The Balaban J connectivity index is 2.49. The second-order valence-electron chi connectivity index (χ2n) is 3.90. The van der Waals surface area contributed by atoms with E-state index in [9.17, 15) is 13.2 Å². The fourth-order valence-corrected chi connectivity index (χ4v) is 1.73. The first-order valence-corrected chi connectivity index (χ1v) is 5.33. The third kappa shape index (κ3) is 2.32. The van der Waals surface area contributed by atoms with E-state index in [0.717, 1.165) is 12.1 Å². The van der Waals surface area contributed by atoms with Gasteiger partial charge in [-0.05, 0) is 31.2 Å². The van der Waals surface area contributed by atoms with E-state index in [-0.39, 0.29) is 0 Å². The number of fused-ring (bicyclic) bond motifs is 1. The molecule has 0 bridgehead atoms. The Hall–Kier alpha value is -1.98. The SMILES string of the molecule is CN/N=C(\C)c1cc2cc(C(F)(F)F)ccc2[nH]1. The topological polar surface area (TPSA) is 40.2 Å². The Bertz CT molecular complexity index is 596. The molecule has 2 N–H and O–H groups in total. The minimum Gasteiger partial charge on any atom is -0.353 e. The van der Waals surface area contributed by atoms with Gasteiger partial charge in [-0.25, -0.2) is 0 Å². The van der Waals surface area contributed by atoms with Crippen molar-refractivity contribution in [2.75, 3.05) is 7.05 Å². The molecule has 0 aliphatic rings.